The molecular formula is C23H29N3O5. The van der Waals surface area contributed by atoms with E-state index in [1.165, 1.54) is 12.7 Å². The first-order chi connectivity index (χ1) is 14.8. The minimum absolute atomic E-state index is 0.179. The van der Waals surface area contributed by atoms with Crippen molar-refractivity contribution in [3.63, 3.8) is 0 Å². The zero-order chi connectivity index (χ0) is 22.5. The quantitative estimate of drug-likeness (QED) is 0.658. The van der Waals surface area contributed by atoms with Crippen molar-refractivity contribution < 1.29 is 23.9 Å². The Hall–Kier alpha value is -3.16. The number of hydrogen-bond acceptors (Lipinski definition) is 6. The van der Waals surface area contributed by atoms with Crippen LogP contribution in [0.5, 0.6) is 0 Å². The summed E-state index contributed by atoms with van der Waals surface area (Å²) in [5, 5.41) is 4.48. The van der Waals surface area contributed by atoms with Crippen LogP contribution in [0.2, 0.25) is 0 Å². The van der Waals surface area contributed by atoms with Crippen LogP contribution in [0.15, 0.2) is 24.3 Å². The highest BCUT2D eigenvalue weighted by molar-refractivity contribution is 5.93. The molecule has 2 aromatic rings. The summed E-state index contributed by atoms with van der Waals surface area (Å²) in [5.41, 5.74) is 3.93. The van der Waals surface area contributed by atoms with Crippen LogP contribution in [0.3, 0.4) is 0 Å². The molecule has 2 heterocycles. The maximum Gasteiger partial charge on any atom is 0.342 e. The van der Waals surface area contributed by atoms with E-state index in [4.69, 9.17) is 9.47 Å². The lowest BCUT2D eigenvalue weighted by Crippen LogP contribution is -2.42. The van der Waals surface area contributed by atoms with Gasteiger partial charge in [-0.25, -0.2) is 4.79 Å². The first-order valence-corrected chi connectivity index (χ1v) is 10.4. The highest BCUT2D eigenvalue weighted by Gasteiger charge is 2.29. The summed E-state index contributed by atoms with van der Waals surface area (Å²) in [4.78, 5) is 38.3. The highest BCUT2D eigenvalue weighted by atomic mass is 16.5. The van der Waals surface area contributed by atoms with Crippen molar-refractivity contribution in [1.82, 2.24) is 14.7 Å². The van der Waals surface area contributed by atoms with E-state index in [-0.39, 0.29) is 24.4 Å². The molecule has 1 aliphatic rings. The van der Waals surface area contributed by atoms with Crippen LogP contribution in [0.4, 0.5) is 0 Å². The molecule has 0 spiro atoms. The van der Waals surface area contributed by atoms with Gasteiger partial charge in [-0.05, 0) is 39.2 Å². The summed E-state index contributed by atoms with van der Waals surface area (Å²) in [6, 6.07) is 8.14. The summed E-state index contributed by atoms with van der Waals surface area (Å²) in [6.45, 7) is 6.73. The number of esters is 2. The Morgan fingerprint density at radius 3 is 2.32 bits per heavy atom. The second kappa shape index (κ2) is 9.76. The molecule has 0 bridgehead atoms. The summed E-state index contributed by atoms with van der Waals surface area (Å²) in [7, 11) is 1.37. The van der Waals surface area contributed by atoms with E-state index < -0.39 is 5.97 Å². The van der Waals surface area contributed by atoms with Crippen molar-refractivity contribution >= 4 is 17.8 Å². The van der Waals surface area contributed by atoms with Gasteiger partial charge in [0.15, 0.2) is 6.61 Å². The normalized spacial score (nSPS) is 14.4. The molecule has 8 nitrogen and oxygen atoms in total. The monoisotopic (exact) mass is 427 g/mol. The van der Waals surface area contributed by atoms with E-state index in [1.54, 1.807) is 16.5 Å². The molecular weight excluding hydrogens is 398 g/mol. The molecule has 0 unspecified atom stereocenters. The van der Waals surface area contributed by atoms with Crippen LogP contribution in [-0.4, -0.2) is 59.3 Å². The fourth-order valence-electron chi connectivity index (χ4n) is 3.83. The Labute approximate surface area is 182 Å². The standard InChI is InChI=1S/C23H29N3O5/c1-15-5-7-18(8-6-15)13-26-17(3)21(16(2)24-26)23(29)31-14-20(27)25-11-9-19(10-12-25)22(28)30-4/h5-8,19H,9-14H2,1-4H3. The minimum atomic E-state index is -0.553. The summed E-state index contributed by atoms with van der Waals surface area (Å²) in [6.07, 6.45) is 1.10. The zero-order valence-corrected chi connectivity index (χ0v) is 18.5. The molecule has 0 N–H and O–H groups in total. The molecule has 1 saturated heterocycles. The third kappa shape index (κ3) is 5.31. The first-order valence-electron chi connectivity index (χ1n) is 10.4. The average Bonchev–Trinajstić information content (AvgIpc) is 3.05. The van der Waals surface area contributed by atoms with Crippen LogP contribution in [0, 0.1) is 26.7 Å². The highest BCUT2D eigenvalue weighted by Crippen LogP contribution is 2.19. The number of rotatable bonds is 6. The minimum Gasteiger partial charge on any atom is -0.469 e. The second-order valence-corrected chi connectivity index (χ2v) is 7.94. The molecule has 8 heteroatoms. The number of piperidine rings is 1. The largest absolute Gasteiger partial charge is 0.469 e. The number of ether oxygens (including phenoxy) is 2. The van der Waals surface area contributed by atoms with E-state index in [9.17, 15) is 14.4 Å². The van der Waals surface area contributed by atoms with Gasteiger partial charge < -0.3 is 14.4 Å². The Morgan fingerprint density at radius 1 is 1.06 bits per heavy atom. The number of benzene rings is 1. The fraction of sp³-hybridized carbons (Fsp3) is 0.478. The summed E-state index contributed by atoms with van der Waals surface area (Å²) >= 11 is 0. The molecule has 0 saturated carbocycles. The van der Waals surface area contributed by atoms with Crippen LogP contribution in [-0.2, 0) is 25.6 Å². The number of nitrogens with zero attached hydrogens (tertiary/aromatic N) is 3. The van der Waals surface area contributed by atoms with Crippen molar-refractivity contribution in [3.05, 3.63) is 52.3 Å². The number of methoxy groups -OCH3 is 1. The Morgan fingerprint density at radius 2 is 1.71 bits per heavy atom. The van der Waals surface area contributed by atoms with E-state index in [1.807, 2.05) is 38.1 Å². The maximum atomic E-state index is 12.7. The van der Waals surface area contributed by atoms with Crippen LogP contribution in [0.25, 0.3) is 0 Å². The summed E-state index contributed by atoms with van der Waals surface area (Å²) in [5.74, 6) is -1.24. The SMILES string of the molecule is COC(=O)C1CCN(C(=O)COC(=O)c2c(C)nn(Cc3ccc(C)cc3)c2C)CC1. The van der Waals surface area contributed by atoms with Gasteiger partial charge >= 0.3 is 11.9 Å². The topological polar surface area (TPSA) is 90.7 Å². The molecule has 1 fully saturated rings. The molecule has 166 valence electrons. The fourth-order valence-corrected chi connectivity index (χ4v) is 3.83. The van der Waals surface area contributed by atoms with Crippen molar-refractivity contribution in [2.75, 3.05) is 26.8 Å². The third-order valence-electron chi connectivity index (χ3n) is 5.75. The predicted molar refractivity (Wildman–Crippen MR) is 114 cm³/mol. The molecule has 31 heavy (non-hydrogen) atoms. The third-order valence-corrected chi connectivity index (χ3v) is 5.75. The van der Waals surface area contributed by atoms with Gasteiger partial charge in [0, 0.05) is 13.1 Å². The van der Waals surface area contributed by atoms with E-state index >= 15 is 0 Å². The lowest BCUT2D eigenvalue weighted by atomic mass is 9.97. The van der Waals surface area contributed by atoms with Crippen molar-refractivity contribution in [2.24, 2.45) is 5.92 Å². The van der Waals surface area contributed by atoms with Crippen LogP contribution < -0.4 is 0 Å². The lowest BCUT2D eigenvalue weighted by Gasteiger charge is -2.30. The first kappa shape index (κ1) is 22.5. The summed E-state index contributed by atoms with van der Waals surface area (Å²) < 4.78 is 11.8. The van der Waals surface area contributed by atoms with Gasteiger partial charge in [-0.2, -0.15) is 5.10 Å². The zero-order valence-electron chi connectivity index (χ0n) is 18.5. The number of aromatic nitrogens is 2. The van der Waals surface area contributed by atoms with Gasteiger partial charge in [-0.1, -0.05) is 29.8 Å². The van der Waals surface area contributed by atoms with Crippen molar-refractivity contribution in [2.45, 2.75) is 40.2 Å². The molecule has 1 aliphatic heterocycles. The lowest BCUT2D eigenvalue weighted by molar-refractivity contribution is -0.149. The van der Waals surface area contributed by atoms with E-state index in [0.29, 0.717) is 49.4 Å². The van der Waals surface area contributed by atoms with Gasteiger partial charge in [0.1, 0.15) is 5.56 Å². The van der Waals surface area contributed by atoms with Crippen LogP contribution in [0.1, 0.15) is 45.7 Å². The van der Waals surface area contributed by atoms with Gasteiger partial charge in [0.2, 0.25) is 0 Å². The Bertz CT molecular complexity index is 956. The number of aryl methyl sites for hydroxylation is 2. The van der Waals surface area contributed by atoms with E-state index in [2.05, 4.69) is 5.10 Å². The molecule has 0 aliphatic carbocycles. The maximum absolute atomic E-state index is 12.7. The number of carbonyl (C=O) groups excluding carboxylic acids is 3. The molecule has 0 radical (unpaired) electrons. The second-order valence-electron chi connectivity index (χ2n) is 7.94. The smallest absolute Gasteiger partial charge is 0.342 e. The number of likely N-dealkylation sites (tertiary alicyclic amines) is 1. The van der Waals surface area contributed by atoms with E-state index in [0.717, 1.165) is 5.56 Å². The Kier molecular flexibility index (Phi) is 7.09. The average molecular weight is 428 g/mol. The van der Waals surface area contributed by atoms with Gasteiger partial charge in [0.25, 0.3) is 5.91 Å². The number of hydrogen-bond donors (Lipinski definition) is 0. The Balaban J connectivity index is 1.57. The molecule has 1 aromatic heterocycles. The number of carbonyl (C=O) groups is 3. The van der Waals surface area contributed by atoms with Gasteiger partial charge in [-0.3, -0.25) is 14.3 Å². The van der Waals surface area contributed by atoms with Gasteiger partial charge in [-0.15, -0.1) is 0 Å². The predicted octanol–water partition coefficient (Wildman–Crippen LogP) is 2.43. The number of amides is 1. The van der Waals surface area contributed by atoms with Crippen molar-refractivity contribution in [1.29, 1.82) is 0 Å². The molecule has 0 atom stereocenters. The molecule has 1 amide bonds. The van der Waals surface area contributed by atoms with Crippen LogP contribution >= 0.6 is 0 Å². The van der Waals surface area contributed by atoms with Gasteiger partial charge in [0.05, 0.1) is 31.0 Å². The molecule has 3 rings (SSSR count). The molecule has 1 aromatic carbocycles. The van der Waals surface area contributed by atoms with Crippen molar-refractivity contribution in [3.8, 4) is 0 Å².